The fourth-order valence-corrected chi connectivity index (χ4v) is 2.72. The molecule has 1 aromatic heterocycles. The largest absolute Gasteiger partial charge is 0.361 e. The van der Waals surface area contributed by atoms with Gasteiger partial charge in [-0.2, -0.15) is 0 Å². The van der Waals surface area contributed by atoms with Gasteiger partial charge >= 0.3 is 0 Å². The zero-order valence-electron chi connectivity index (χ0n) is 9.28. The van der Waals surface area contributed by atoms with Crippen molar-refractivity contribution < 1.29 is 9.32 Å². The minimum absolute atomic E-state index is 0.0130. The molecule has 4 nitrogen and oxygen atoms in total. The molecule has 0 spiro atoms. The third kappa shape index (κ3) is 2.29. The van der Waals surface area contributed by atoms with Crippen molar-refractivity contribution in [2.24, 2.45) is 0 Å². The number of piperidine rings is 1. The summed E-state index contributed by atoms with van der Waals surface area (Å²) in [4.78, 5) is 14.1. The highest BCUT2D eigenvalue weighted by Crippen LogP contribution is 2.20. The minimum Gasteiger partial charge on any atom is -0.361 e. The molecule has 1 aliphatic rings. The van der Waals surface area contributed by atoms with Crippen molar-refractivity contribution in [3.05, 3.63) is 17.5 Å². The first-order valence-electron chi connectivity index (χ1n) is 5.52. The molecule has 1 aromatic rings. The minimum atomic E-state index is -0.0130. The molecule has 0 radical (unpaired) electrons. The summed E-state index contributed by atoms with van der Waals surface area (Å²) < 4.78 is 4.94. The van der Waals surface area contributed by atoms with E-state index in [1.54, 1.807) is 13.0 Å². The SMILES string of the molecule is Cc1cc(C(=O)N2CCCCC2CBr)no1. The van der Waals surface area contributed by atoms with E-state index < -0.39 is 0 Å². The Morgan fingerprint density at radius 2 is 2.50 bits per heavy atom. The lowest BCUT2D eigenvalue weighted by Crippen LogP contribution is -2.44. The van der Waals surface area contributed by atoms with Gasteiger partial charge in [0.25, 0.3) is 5.91 Å². The maximum absolute atomic E-state index is 12.2. The van der Waals surface area contributed by atoms with Gasteiger partial charge in [-0.1, -0.05) is 21.1 Å². The van der Waals surface area contributed by atoms with Crippen LogP contribution in [0.5, 0.6) is 0 Å². The molecular formula is C11H15BrN2O2. The van der Waals surface area contributed by atoms with Crippen LogP contribution in [0, 0.1) is 6.92 Å². The molecule has 0 aromatic carbocycles. The van der Waals surface area contributed by atoms with Gasteiger partial charge in [-0.05, 0) is 26.2 Å². The number of aromatic nitrogens is 1. The smallest absolute Gasteiger partial charge is 0.276 e. The van der Waals surface area contributed by atoms with Crippen LogP contribution in [0.15, 0.2) is 10.6 Å². The molecule has 2 heterocycles. The van der Waals surface area contributed by atoms with Crippen molar-refractivity contribution in [3.63, 3.8) is 0 Å². The van der Waals surface area contributed by atoms with Crippen LogP contribution in [0.2, 0.25) is 0 Å². The van der Waals surface area contributed by atoms with Crippen LogP contribution in [-0.2, 0) is 0 Å². The summed E-state index contributed by atoms with van der Waals surface area (Å²) in [5.74, 6) is 0.664. The van der Waals surface area contributed by atoms with Gasteiger partial charge in [-0.15, -0.1) is 0 Å². The van der Waals surface area contributed by atoms with Crippen LogP contribution in [0.3, 0.4) is 0 Å². The summed E-state index contributed by atoms with van der Waals surface area (Å²) in [5.41, 5.74) is 0.422. The van der Waals surface area contributed by atoms with Gasteiger partial charge in [-0.25, -0.2) is 0 Å². The predicted molar refractivity (Wildman–Crippen MR) is 63.7 cm³/mol. The first-order valence-corrected chi connectivity index (χ1v) is 6.65. The second kappa shape index (κ2) is 4.99. The zero-order chi connectivity index (χ0) is 11.5. The molecule has 1 aliphatic heterocycles. The average Bonchev–Trinajstić information content (AvgIpc) is 2.75. The van der Waals surface area contributed by atoms with Crippen LogP contribution < -0.4 is 0 Å². The van der Waals surface area contributed by atoms with E-state index in [9.17, 15) is 4.79 Å². The highest BCUT2D eigenvalue weighted by Gasteiger charge is 2.28. The molecule has 0 N–H and O–H groups in total. The van der Waals surface area contributed by atoms with Crippen LogP contribution >= 0.6 is 15.9 Å². The van der Waals surface area contributed by atoms with E-state index in [2.05, 4.69) is 21.1 Å². The fraction of sp³-hybridized carbons (Fsp3) is 0.636. The van der Waals surface area contributed by atoms with Gasteiger partial charge in [0.05, 0.1) is 0 Å². The number of alkyl halides is 1. The number of likely N-dealkylation sites (tertiary alicyclic amines) is 1. The second-order valence-corrected chi connectivity index (χ2v) is 4.77. The van der Waals surface area contributed by atoms with Gasteiger partial charge in [0.15, 0.2) is 5.69 Å². The monoisotopic (exact) mass is 286 g/mol. The van der Waals surface area contributed by atoms with Crippen molar-refractivity contribution in [2.75, 3.05) is 11.9 Å². The average molecular weight is 287 g/mol. The number of nitrogens with zero attached hydrogens (tertiary/aromatic N) is 2. The third-order valence-electron chi connectivity index (χ3n) is 2.91. The van der Waals surface area contributed by atoms with E-state index in [0.717, 1.165) is 24.7 Å². The number of aryl methyl sites for hydroxylation is 1. The molecule has 1 amide bonds. The van der Waals surface area contributed by atoms with E-state index in [-0.39, 0.29) is 5.91 Å². The van der Waals surface area contributed by atoms with Crippen molar-refractivity contribution >= 4 is 21.8 Å². The standard InChI is InChI=1S/C11H15BrN2O2/c1-8-6-10(13-16-8)11(15)14-5-3-2-4-9(14)7-12/h6,9H,2-5,7H2,1H3. The summed E-state index contributed by atoms with van der Waals surface area (Å²) in [6, 6.07) is 1.99. The summed E-state index contributed by atoms with van der Waals surface area (Å²) in [6.45, 7) is 2.61. The highest BCUT2D eigenvalue weighted by atomic mass is 79.9. The first-order chi connectivity index (χ1) is 7.72. The van der Waals surface area contributed by atoms with E-state index >= 15 is 0 Å². The molecule has 16 heavy (non-hydrogen) atoms. The first kappa shape index (κ1) is 11.6. The summed E-state index contributed by atoms with van der Waals surface area (Å²) in [6.07, 6.45) is 3.33. The number of carbonyl (C=O) groups is 1. The summed E-state index contributed by atoms with van der Waals surface area (Å²) in [5, 5.41) is 4.61. The molecular weight excluding hydrogens is 272 g/mol. The van der Waals surface area contributed by atoms with Crippen molar-refractivity contribution in [3.8, 4) is 0 Å². The molecule has 0 bridgehead atoms. The van der Waals surface area contributed by atoms with Gasteiger partial charge in [-0.3, -0.25) is 4.79 Å². The van der Waals surface area contributed by atoms with Gasteiger partial charge in [0.1, 0.15) is 5.76 Å². The summed E-state index contributed by atoms with van der Waals surface area (Å²) >= 11 is 3.46. The van der Waals surface area contributed by atoms with E-state index in [1.165, 1.54) is 6.42 Å². The van der Waals surface area contributed by atoms with Gasteiger partial charge in [0.2, 0.25) is 0 Å². The molecule has 1 fully saturated rings. The normalized spacial score (nSPS) is 21.1. The van der Waals surface area contributed by atoms with Crippen LogP contribution in [0.25, 0.3) is 0 Å². The number of hydrogen-bond acceptors (Lipinski definition) is 3. The van der Waals surface area contributed by atoms with Crippen molar-refractivity contribution in [2.45, 2.75) is 32.2 Å². The Morgan fingerprint density at radius 1 is 1.69 bits per heavy atom. The number of carbonyl (C=O) groups excluding carboxylic acids is 1. The molecule has 5 heteroatoms. The van der Waals surface area contributed by atoms with Gasteiger partial charge in [0, 0.05) is 24.0 Å². The lowest BCUT2D eigenvalue weighted by molar-refractivity contribution is 0.0631. The molecule has 1 unspecified atom stereocenters. The summed E-state index contributed by atoms with van der Waals surface area (Å²) in [7, 11) is 0. The Kier molecular flexibility index (Phi) is 3.63. The predicted octanol–water partition coefficient (Wildman–Crippen LogP) is 2.37. The van der Waals surface area contributed by atoms with E-state index in [4.69, 9.17) is 4.52 Å². The third-order valence-corrected chi connectivity index (χ3v) is 3.66. The highest BCUT2D eigenvalue weighted by molar-refractivity contribution is 9.09. The molecule has 88 valence electrons. The van der Waals surface area contributed by atoms with Crippen LogP contribution in [0.4, 0.5) is 0 Å². The Morgan fingerprint density at radius 3 is 3.12 bits per heavy atom. The lowest BCUT2D eigenvalue weighted by Gasteiger charge is -2.34. The Hall–Kier alpha value is -0.840. The quantitative estimate of drug-likeness (QED) is 0.784. The number of halogens is 1. The van der Waals surface area contributed by atoms with Gasteiger partial charge < -0.3 is 9.42 Å². The number of rotatable bonds is 2. The van der Waals surface area contributed by atoms with Crippen molar-refractivity contribution in [1.29, 1.82) is 0 Å². The zero-order valence-corrected chi connectivity index (χ0v) is 10.9. The maximum Gasteiger partial charge on any atom is 0.276 e. The topological polar surface area (TPSA) is 46.3 Å². The number of hydrogen-bond donors (Lipinski definition) is 0. The Balaban J connectivity index is 2.13. The fourth-order valence-electron chi connectivity index (χ4n) is 2.04. The number of amides is 1. The van der Waals surface area contributed by atoms with Crippen LogP contribution in [-0.4, -0.2) is 33.9 Å². The lowest BCUT2D eigenvalue weighted by atomic mass is 10.0. The maximum atomic E-state index is 12.2. The Labute approximate surface area is 103 Å². The van der Waals surface area contributed by atoms with E-state index in [0.29, 0.717) is 17.5 Å². The van der Waals surface area contributed by atoms with Crippen molar-refractivity contribution in [1.82, 2.24) is 10.1 Å². The molecule has 2 rings (SSSR count). The van der Waals surface area contributed by atoms with Crippen LogP contribution in [0.1, 0.15) is 35.5 Å². The molecule has 1 saturated heterocycles. The second-order valence-electron chi connectivity index (χ2n) is 4.13. The molecule has 1 atom stereocenters. The van der Waals surface area contributed by atoms with E-state index in [1.807, 2.05) is 4.90 Å². The molecule has 0 aliphatic carbocycles. The Bertz CT molecular complexity index is 378. The molecule has 0 saturated carbocycles.